The van der Waals surface area contributed by atoms with Gasteiger partial charge in [-0.05, 0) is 53.9 Å². The number of carbonyl (C=O) groups is 2. The van der Waals surface area contributed by atoms with E-state index >= 15 is 0 Å². The Balaban J connectivity index is 1.31. The van der Waals surface area contributed by atoms with Crippen LogP contribution in [0.25, 0.3) is 16.5 Å². The van der Waals surface area contributed by atoms with Gasteiger partial charge in [0.05, 0.1) is 11.4 Å². The molecule has 0 bridgehead atoms. The van der Waals surface area contributed by atoms with Crippen LogP contribution in [0, 0.1) is 0 Å². The van der Waals surface area contributed by atoms with E-state index < -0.39 is 6.03 Å². The van der Waals surface area contributed by atoms with Crippen LogP contribution in [0.2, 0.25) is 0 Å². The Hall–Kier alpha value is -5.25. The highest BCUT2D eigenvalue weighted by atomic mass is 16.5. The third-order valence-corrected chi connectivity index (χ3v) is 5.97. The van der Waals surface area contributed by atoms with Crippen molar-refractivity contribution in [1.29, 1.82) is 0 Å². The third kappa shape index (κ3) is 6.24. The fourth-order valence-electron chi connectivity index (χ4n) is 3.98. The molecule has 0 aliphatic rings. The first-order valence-corrected chi connectivity index (χ1v) is 12.7. The van der Waals surface area contributed by atoms with E-state index in [1.54, 1.807) is 53.5 Å². The third-order valence-electron chi connectivity index (χ3n) is 5.97. The molecule has 3 aromatic heterocycles. The van der Waals surface area contributed by atoms with Crippen molar-refractivity contribution in [2.45, 2.75) is 33.1 Å². The Labute approximate surface area is 231 Å². The summed E-state index contributed by atoms with van der Waals surface area (Å²) >= 11 is 0. The van der Waals surface area contributed by atoms with Crippen LogP contribution in [0.4, 0.5) is 22.1 Å². The Kier molecular flexibility index (Phi) is 7.15. The van der Waals surface area contributed by atoms with Crippen molar-refractivity contribution in [2.24, 2.45) is 0 Å². The minimum atomic E-state index is -0.408. The van der Waals surface area contributed by atoms with Gasteiger partial charge in [-0.25, -0.2) is 14.5 Å². The molecule has 0 aliphatic heterocycles. The van der Waals surface area contributed by atoms with Gasteiger partial charge in [0.2, 0.25) is 5.91 Å². The molecule has 5 rings (SSSR count). The first kappa shape index (κ1) is 26.4. The minimum Gasteiger partial charge on any atom is -0.457 e. The lowest BCUT2D eigenvalue weighted by molar-refractivity contribution is -0.114. The van der Waals surface area contributed by atoms with Gasteiger partial charge in [-0.2, -0.15) is 5.10 Å². The van der Waals surface area contributed by atoms with Crippen molar-refractivity contribution in [3.63, 3.8) is 0 Å². The zero-order valence-electron chi connectivity index (χ0n) is 22.6. The van der Waals surface area contributed by atoms with Gasteiger partial charge in [0.15, 0.2) is 0 Å². The number of nitrogens with zero attached hydrogens (tertiary/aromatic N) is 4. The summed E-state index contributed by atoms with van der Waals surface area (Å²) in [5, 5.41) is 15.3. The number of rotatable bonds is 6. The molecule has 0 atom stereocenters. The van der Waals surface area contributed by atoms with Crippen molar-refractivity contribution >= 4 is 40.0 Å². The lowest BCUT2D eigenvalue weighted by Gasteiger charge is -2.14. The number of anilines is 3. The predicted octanol–water partition coefficient (Wildman–Crippen LogP) is 6.51. The number of urea groups is 1. The summed E-state index contributed by atoms with van der Waals surface area (Å²) in [5.74, 6) is 1.80. The highest BCUT2D eigenvalue weighted by Crippen LogP contribution is 2.28. The average molecular weight is 536 g/mol. The zero-order valence-corrected chi connectivity index (χ0v) is 22.6. The van der Waals surface area contributed by atoms with Gasteiger partial charge in [0.1, 0.15) is 23.1 Å². The molecule has 202 valence electrons. The van der Waals surface area contributed by atoms with Gasteiger partial charge in [0.25, 0.3) is 0 Å². The Morgan fingerprint density at radius 3 is 2.38 bits per heavy atom. The fourth-order valence-corrected chi connectivity index (χ4v) is 3.98. The summed E-state index contributed by atoms with van der Waals surface area (Å²) in [5.41, 5.74) is 2.03. The van der Waals surface area contributed by atoms with Crippen LogP contribution < -0.4 is 20.7 Å². The first-order valence-electron chi connectivity index (χ1n) is 12.7. The van der Waals surface area contributed by atoms with Crippen molar-refractivity contribution < 1.29 is 14.3 Å². The number of benzene rings is 2. The second-order valence-electron chi connectivity index (χ2n) is 10.2. The number of fused-ring (bicyclic) bond motifs is 1. The van der Waals surface area contributed by atoms with E-state index in [0.29, 0.717) is 28.8 Å². The van der Waals surface area contributed by atoms with E-state index in [-0.39, 0.29) is 11.3 Å². The molecule has 3 heterocycles. The van der Waals surface area contributed by atoms with Crippen LogP contribution in [-0.2, 0) is 10.2 Å². The number of hydrogen-bond donors (Lipinski definition) is 3. The molecular formula is C30H29N7O3. The van der Waals surface area contributed by atoms with Crippen molar-refractivity contribution in [1.82, 2.24) is 19.7 Å². The highest BCUT2D eigenvalue weighted by Gasteiger charge is 2.22. The van der Waals surface area contributed by atoms with Crippen LogP contribution in [0.5, 0.6) is 11.5 Å². The van der Waals surface area contributed by atoms with E-state index in [4.69, 9.17) is 9.84 Å². The number of pyridine rings is 2. The molecule has 0 saturated carbocycles. The summed E-state index contributed by atoms with van der Waals surface area (Å²) in [4.78, 5) is 32.5. The second-order valence-corrected chi connectivity index (χ2v) is 10.2. The molecule has 10 nitrogen and oxygen atoms in total. The smallest absolute Gasteiger partial charge is 0.324 e. The number of amides is 3. The first-order chi connectivity index (χ1) is 19.1. The van der Waals surface area contributed by atoms with Crippen LogP contribution in [0.1, 0.15) is 33.4 Å². The van der Waals surface area contributed by atoms with Gasteiger partial charge < -0.3 is 15.4 Å². The maximum atomic E-state index is 13.0. The zero-order chi connectivity index (χ0) is 28.3. The molecule has 5 aromatic rings. The van der Waals surface area contributed by atoms with Gasteiger partial charge >= 0.3 is 6.03 Å². The van der Waals surface area contributed by atoms with Crippen LogP contribution in [0.15, 0.2) is 85.3 Å². The molecule has 0 unspecified atom stereocenters. The average Bonchev–Trinajstić information content (AvgIpc) is 3.34. The molecule has 2 aromatic carbocycles. The Bertz CT molecular complexity index is 1690. The molecule has 0 radical (unpaired) electrons. The highest BCUT2D eigenvalue weighted by molar-refractivity contribution is 5.99. The number of carbonyl (C=O) groups excluding carboxylic acids is 2. The molecular weight excluding hydrogens is 506 g/mol. The van der Waals surface area contributed by atoms with E-state index in [9.17, 15) is 9.59 Å². The Morgan fingerprint density at radius 1 is 0.825 bits per heavy atom. The molecule has 0 fully saturated rings. The minimum absolute atomic E-state index is 0.216. The maximum Gasteiger partial charge on any atom is 0.324 e. The summed E-state index contributed by atoms with van der Waals surface area (Å²) < 4.78 is 7.59. The standard InChI is InChI=1S/C30H29N7O3/c1-19(38)33-27-16-25(12-14-32-27)40-24-9-6-22(7-10-24)34-29(39)35-28-17-26(30(2,3)4)36-37(28)23-8-5-21-18-31-13-11-20(21)15-23/h5-18H,1-4H3,(H,32,33,38)(H2,34,35,39). The van der Waals surface area contributed by atoms with E-state index in [1.165, 1.54) is 6.92 Å². The van der Waals surface area contributed by atoms with E-state index in [2.05, 4.69) is 46.7 Å². The molecule has 3 N–H and O–H groups in total. The summed E-state index contributed by atoms with van der Waals surface area (Å²) in [7, 11) is 0. The van der Waals surface area contributed by atoms with Crippen molar-refractivity contribution in [3.8, 4) is 17.2 Å². The summed E-state index contributed by atoms with van der Waals surface area (Å²) in [6.45, 7) is 7.64. The Morgan fingerprint density at radius 2 is 1.62 bits per heavy atom. The van der Waals surface area contributed by atoms with E-state index in [0.717, 1.165) is 22.2 Å². The lowest BCUT2D eigenvalue weighted by atomic mass is 9.92. The number of aromatic nitrogens is 4. The molecule has 0 spiro atoms. The van der Waals surface area contributed by atoms with Crippen LogP contribution in [-0.4, -0.2) is 31.7 Å². The molecule has 0 saturated heterocycles. The molecule has 0 aliphatic carbocycles. The van der Waals surface area contributed by atoms with Gasteiger partial charge in [0, 0.05) is 54.1 Å². The fraction of sp³-hybridized carbons (Fsp3) is 0.167. The van der Waals surface area contributed by atoms with Crippen LogP contribution >= 0.6 is 0 Å². The second kappa shape index (κ2) is 10.9. The number of hydrogen-bond acceptors (Lipinski definition) is 6. The quantitative estimate of drug-likeness (QED) is 0.228. The predicted molar refractivity (Wildman–Crippen MR) is 155 cm³/mol. The monoisotopic (exact) mass is 535 g/mol. The van der Waals surface area contributed by atoms with Crippen LogP contribution in [0.3, 0.4) is 0 Å². The topological polar surface area (TPSA) is 123 Å². The summed E-state index contributed by atoms with van der Waals surface area (Å²) in [6, 6.07) is 19.6. The van der Waals surface area contributed by atoms with Gasteiger partial charge in [-0.15, -0.1) is 0 Å². The van der Waals surface area contributed by atoms with E-state index in [1.807, 2.05) is 36.5 Å². The normalized spacial score (nSPS) is 11.2. The molecule has 10 heteroatoms. The van der Waals surface area contributed by atoms with Gasteiger partial charge in [-0.1, -0.05) is 26.8 Å². The summed E-state index contributed by atoms with van der Waals surface area (Å²) in [6.07, 6.45) is 5.11. The maximum absolute atomic E-state index is 13.0. The van der Waals surface area contributed by atoms with Crippen molar-refractivity contribution in [3.05, 3.63) is 91.0 Å². The van der Waals surface area contributed by atoms with Crippen molar-refractivity contribution in [2.75, 3.05) is 16.0 Å². The number of nitrogens with one attached hydrogen (secondary N) is 3. The van der Waals surface area contributed by atoms with Gasteiger partial charge in [-0.3, -0.25) is 15.1 Å². The molecule has 40 heavy (non-hydrogen) atoms. The lowest BCUT2D eigenvalue weighted by Crippen LogP contribution is -2.21. The number of ether oxygens (including phenoxy) is 1. The largest absolute Gasteiger partial charge is 0.457 e. The molecule has 3 amide bonds. The SMILES string of the molecule is CC(=O)Nc1cc(Oc2ccc(NC(=O)Nc3cc(C(C)(C)C)nn3-c3ccc4cnccc4c3)cc2)ccn1.